The Bertz CT molecular complexity index is 999. The van der Waals surface area contributed by atoms with Gasteiger partial charge in [0.15, 0.2) is 0 Å². The third kappa shape index (κ3) is 2.57. The molecule has 1 saturated carbocycles. The van der Waals surface area contributed by atoms with E-state index < -0.39 is 9.85 Å². The second-order valence-electron chi connectivity index (χ2n) is 7.45. The maximum atomic E-state index is 11.0. The van der Waals surface area contributed by atoms with E-state index in [-0.39, 0.29) is 17.3 Å². The van der Waals surface area contributed by atoms with E-state index in [0.29, 0.717) is 17.8 Å². The molecule has 0 aliphatic heterocycles. The molecule has 4 aliphatic rings. The molecule has 0 aromatic heterocycles. The number of allylic oxidation sites excluding steroid dienone is 6. The van der Waals surface area contributed by atoms with Crippen molar-refractivity contribution in [1.29, 1.82) is 0 Å². The van der Waals surface area contributed by atoms with Gasteiger partial charge in [-0.25, -0.2) is 0 Å². The molecule has 138 valence electrons. The summed E-state index contributed by atoms with van der Waals surface area (Å²) in [5, 5.41) is 21.9. The Hall–Kier alpha value is -3.54. The molecule has 1 fully saturated rings. The fraction of sp³-hybridized carbons (Fsp3) is 0.182. The molecule has 4 atom stereocenters. The van der Waals surface area contributed by atoms with Gasteiger partial charge in [0.2, 0.25) is 0 Å². The second-order valence-corrected chi connectivity index (χ2v) is 7.45. The van der Waals surface area contributed by atoms with Crippen LogP contribution in [-0.2, 0) is 0 Å². The van der Waals surface area contributed by atoms with Crippen LogP contribution in [0.2, 0.25) is 0 Å². The van der Waals surface area contributed by atoms with Crippen molar-refractivity contribution in [2.75, 3.05) is 0 Å². The van der Waals surface area contributed by atoms with Crippen LogP contribution in [-0.4, -0.2) is 9.85 Å². The van der Waals surface area contributed by atoms with Crippen LogP contribution in [0.4, 0.5) is 11.4 Å². The normalized spacial score (nSPS) is 26.7. The minimum absolute atomic E-state index is 0.0305. The van der Waals surface area contributed by atoms with Crippen LogP contribution in [0.3, 0.4) is 0 Å². The molecule has 6 rings (SSSR count). The highest BCUT2D eigenvalue weighted by atomic mass is 16.6. The second kappa shape index (κ2) is 5.99. The first-order valence-corrected chi connectivity index (χ1v) is 9.14. The third-order valence-electron chi connectivity index (χ3n) is 5.96. The van der Waals surface area contributed by atoms with Crippen molar-refractivity contribution >= 4 is 22.5 Å². The van der Waals surface area contributed by atoms with Crippen molar-refractivity contribution in [3.05, 3.63) is 104 Å². The molecule has 2 unspecified atom stereocenters. The van der Waals surface area contributed by atoms with Crippen LogP contribution in [0.5, 0.6) is 0 Å². The first kappa shape index (κ1) is 16.6. The number of nitro groups is 2. The van der Waals surface area contributed by atoms with Crippen molar-refractivity contribution in [3.8, 4) is 0 Å². The number of non-ortho nitro benzene ring substituents is 2. The van der Waals surface area contributed by atoms with E-state index >= 15 is 0 Å². The van der Waals surface area contributed by atoms with Crippen molar-refractivity contribution in [2.24, 2.45) is 23.7 Å². The first-order chi connectivity index (χ1) is 13.5. The average molecular weight is 372 g/mol. The molecular formula is C22H16N2O4. The Kier molecular flexibility index (Phi) is 3.55. The van der Waals surface area contributed by atoms with Gasteiger partial charge in [-0.15, -0.1) is 0 Å². The summed E-state index contributed by atoms with van der Waals surface area (Å²) < 4.78 is 0. The molecule has 2 aromatic rings. The highest BCUT2D eigenvalue weighted by Gasteiger charge is 2.49. The third-order valence-corrected chi connectivity index (χ3v) is 5.96. The van der Waals surface area contributed by atoms with E-state index in [2.05, 4.69) is 24.3 Å². The summed E-state index contributed by atoms with van der Waals surface area (Å²) in [5.74, 6) is 1.42. The highest BCUT2D eigenvalue weighted by Crippen LogP contribution is 2.58. The molecule has 6 nitrogen and oxygen atoms in total. The molecule has 0 heterocycles. The lowest BCUT2D eigenvalue weighted by atomic mass is 9.83. The van der Waals surface area contributed by atoms with Crippen LogP contribution in [0.1, 0.15) is 11.1 Å². The number of nitro benzene ring substituents is 2. The van der Waals surface area contributed by atoms with Crippen molar-refractivity contribution in [3.63, 3.8) is 0 Å². The predicted octanol–water partition coefficient (Wildman–Crippen LogP) is 5.03. The van der Waals surface area contributed by atoms with Gasteiger partial charge in [-0.1, -0.05) is 24.3 Å². The monoisotopic (exact) mass is 372 g/mol. The Balaban J connectivity index is 1.56. The van der Waals surface area contributed by atoms with Crippen LogP contribution < -0.4 is 0 Å². The van der Waals surface area contributed by atoms with Gasteiger partial charge in [-0.2, -0.15) is 0 Å². The van der Waals surface area contributed by atoms with Gasteiger partial charge in [0.1, 0.15) is 0 Å². The Labute approximate surface area is 160 Å². The number of nitrogens with zero attached hydrogens (tertiary/aromatic N) is 2. The summed E-state index contributed by atoms with van der Waals surface area (Å²) >= 11 is 0. The molecule has 6 heteroatoms. The van der Waals surface area contributed by atoms with Crippen LogP contribution in [0, 0.1) is 43.9 Å². The fourth-order valence-corrected chi connectivity index (χ4v) is 4.42. The average Bonchev–Trinajstić information content (AvgIpc) is 3.44. The number of benzene rings is 2. The van der Waals surface area contributed by atoms with Crippen LogP contribution in [0.25, 0.3) is 11.1 Å². The molecule has 4 aliphatic carbocycles. The van der Waals surface area contributed by atoms with Gasteiger partial charge in [0.25, 0.3) is 11.4 Å². The van der Waals surface area contributed by atoms with E-state index in [1.54, 1.807) is 24.3 Å². The SMILES string of the molecule is O=[N+]([O-])c1ccc(C2=C[C@@H]3C4C=CC2C(c2ccc([N+](=O)[O-])cc2)=C[C@@H]43)cc1. The van der Waals surface area contributed by atoms with Crippen LogP contribution in [0.15, 0.2) is 72.8 Å². The fourth-order valence-electron chi connectivity index (χ4n) is 4.42. The van der Waals surface area contributed by atoms with Crippen molar-refractivity contribution in [2.45, 2.75) is 0 Å². The van der Waals surface area contributed by atoms with Crippen molar-refractivity contribution in [1.82, 2.24) is 0 Å². The summed E-state index contributed by atoms with van der Waals surface area (Å²) in [6.45, 7) is 0. The zero-order valence-electron chi connectivity index (χ0n) is 14.8. The Morgan fingerprint density at radius 3 is 1.43 bits per heavy atom. The van der Waals surface area contributed by atoms with Gasteiger partial charge in [-0.05, 0) is 64.3 Å². The van der Waals surface area contributed by atoms with Gasteiger partial charge in [0, 0.05) is 30.2 Å². The quantitative estimate of drug-likeness (QED) is 0.428. The largest absolute Gasteiger partial charge is 0.269 e. The predicted molar refractivity (Wildman–Crippen MR) is 105 cm³/mol. The highest BCUT2D eigenvalue weighted by molar-refractivity contribution is 5.87. The van der Waals surface area contributed by atoms with Gasteiger partial charge in [-0.3, -0.25) is 20.2 Å². The lowest BCUT2D eigenvalue weighted by Gasteiger charge is -2.20. The summed E-state index contributed by atoms with van der Waals surface area (Å²) in [6.07, 6.45) is 9.08. The maximum absolute atomic E-state index is 11.0. The van der Waals surface area contributed by atoms with Gasteiger partial charge < -0.3 is 0 Å². The summed E-state index contributed by atoms with van der Waals surface area (Å²) in [7, 11) is 0. The molecule has 2 aromatic carbocycles. The lowest BCUT2D eigenvalue weighted by Crippen LogP contribution is -2.04. The Morgan fingerprint density at radius 2 is 1.04 bits per heavy atom. The van der Waals surface area contributed by atoms with Crippen LogP contribution >= 0.6 is 0 Å². The zero-order valence-corrected chi connectivity index (χ0v) is 14.8. The summed E-state index contributed by atoms with van der Waals surface area (Å²) in [4.78, 5) is 21.1. The molecule has 0 N–H and O–H groups in total. The summed E-state index contributed by atoms with van der Waals surface area (Å²) in [5.41, 5.74) is 4.38. The van der Waals surface area contributed by atoms with E-state index in [4.69, 9.17) is 0 Å². The van der Waals surface area contributed by atoms with E-state index in [1.807, 2.05) is 0 Å². The summed E-state index contributed by atoms with van der Waals surface area (Å²) in [6, 6.07) is 13.4. The first-order valence-electron chi connectivity index (χ1n) is 9.14. The smallest absolute Gasteiger partial charge is 0.258 e. The number of rotatable bonds is 4. The molecule has 0 spiro atoms. The molecular weight excluding hydrogens is 356 g/mol. The number of hydrogen-bond donors (Lipinski definition) is 0. The molecule has 4 bridgehead atoms. The lowest BCUT2D eigenvalue weighted by molar-refractivity contribution is -0.385. The standard InChI is InChI=1S/C22H16N2O4/c25-23(26)15-5-1-13(2-6-15)19-11-21-18-10-9-17(19)20(12-22(18)21)14-3-7-16(8-4-14)24(27)28/h1-12,17-18,21-22H/t17?,18?,21-,22+. The van der Waals surface area contributed by atoms with E-state index in [9.17, 15) is 20.2 Å². The van der Waals surface area contributed by atoms with E-state index in [0.717, 1.165) is 22.3 Å². The maximum Gasteiger partial charge on any atom is 0.269 e. The minimum atomic E-state index is -0.393. The topological polar surface area (TPSA) is 86.3 Å². The molecule has 0 radical (unpaired) electrons. The minimum Gasteiger partial charge on any atom is -0.258 e. The molecule has 0 saturated heterocycles. The number of hydrogen-bond acceptors (Lipinski definition) is 4. The molecule has 28 heavy (non-hydrogen) atoms. The van der Waals surface area contributed by atoms with Gasteiger partial charge in [0.05, 0.1) is 9.85 Å². The molecule has 0 amide bonds. The van der Waals surface area contributed by atoms with Gasteiger partial charge >= 0.3 is 0 Å². The van der Waals surface area contributed by atoms with Crippen molar-refractivity contribution < 1.29 is 9.85 Å². The Morgan fingerprint density at radius 1 is 0.607 bits per heavy atom. The van der Waals surface area contributed by atoms with E-state index in [1.165, 1.54) is 24.3 Å². The zero-order chi connectivity index (χ0) is 19.4.